The number of benzene rings is 1. The molecule has 4 heteroatoms. The zero-order chi connectivity index (χ0) is 12.1. The van der Waals surface area contributed by atoms with Crippen molar-refractivity contribution in [1.82, 2.24) is 5.32 Å². The van der Waals surface area contributed by atoms with E-state index in [2.05, 4.69) is 5.32 Å². The average Bonchev–Trinajstić information content (AvgIpc) is 2.28. The third-order valence-electron chi connectivity index (χ3n) is 2.38. The topological polar surface area (TPSA) is 58.4 Å². The van der Waals surface area contributed by atoms with Gasteiger partial charge >= 0.3 is 0 Å². The van der Waals surface area contributed by atoms with Gasteiger partial charge in [-0.05, 0) is 31.2 Å². The number of hydrogen-bond acceptors (Lipinski definition) is 3. The molecule has 0 radical (unpaired) electrons. The van der Waals surface area contributed by atoms with Gasteiger partial charge in [0.15, 0.2) is 0 Å². The molecule has 0 saturated heterocycles. The third kappa shape index (κ3) is 3.24. The number of carbonyl (C=O) groups excluding carboxylic acids is 1. The van der Waals surface area contributed by atoms with Crippen LogP contribution in [-0.2, 0) is 0 Å². The lowest BCUT2D eigenvalue weighted by Crippen LogP contribution is -2.37. The van der Waals surface area contributed by atoms with Crippen molar-refractivity contribution in [1.29, 1.82) is 0 Å². The summed E-state index contributed by atoms with van der Waals surface area (Å²) in [6, 6.07) is 7.47. The summed E-state index contributed by atoms with van der Waals surface area (Å²) < 4.78 is 0. The molecule has 88 valence electrons. The second kappa shape index (κ2) is 5.51. The lowest BCUT2D eigenvalue weighted by atomic mass is 10.1. The van der Waals surface area contributed by atoms with Gasteiger partial charge in [-0.25, -0.2) is 0 Å². The molecular formula is C12H19N3O. The van der Waals surface area contributed by atoms with Crippen LogP contribution in [0.25, 0.3) is 0 Å². The van der Waals surface area contributed by atoms with Crippen LogP contribution in [0.15, 0.2) is 24.3 Å². The fraction of sp³-hybridized carbons (Fsp3) is 0.417. The van der Waals surface area contributed by atoms with Crippen molar-refractivity contribution in [2.45, 2.75) is 13.0 Å². The first-order chi connectivity index (χ1) is 7.54. The highest BCUT2D eigenvalue weighted by Crippen LogP contribution is 2.12. The maximum atomic E-state index is 11.7. The molecule has 1 aromatic carbocycles. The van der Waals surface area contributed by atoms with Gasteiger partial charge in [-0.15, -0.1) is 0 Å². The van der Waals surface area contributed by atoms with Crippen molar-refractivity contribution < 1.29 is 4.79 Å². The van der Waals surface area contributed by atoms with Crippen molar-refractivity contribution >= 4 is 11.6 Å². The van der Waals surface area contributed by atoms with E-state index < -0.39 is 0 Å². The second-order valence-electron chi connectivity index (χ2n) is 4.05. The Labute approximate surface area is 96.4 Å². The van der Waals surface area contributed by atoms with Gasteiger partial charge in [0.2, 0.25) is 0 Å². The number of hydrogen-bond donors (Lipinski definition) is 2. The van der Waals surface area contributed by atoms with Crippen LogP contribution in [0.2, 0.25) is 0 Å². The summed E-state index contributed by atoms with van der Waals surface area (Å²) in [5.74, 6) is -0.0803. The number of nitrogens with one attached hydrogen (secondary N) is 1. The van der Waals surface area contributed by atoms with Gasteiger partial charge in [0.25, 0.3) is 5.91 Å². The summed E-state index contributed by atoms with van der Waals surface area (Å²) in [5.41, 5.74) is 7.17. The van der Waals surface area contributed by atoms with Gasteiger partial charge in [0.1, 0.15) is 0 Å². The minimum absolute atomic E-state index is 0.000949. The summed E-state index contributed by atoms with van der Waals surface area (Å²) >= 11 is 0. The number of carbonyl (C=O) groups is 1. The number of anilines is 1. The summed E-state index contributed by atoms with van der Waals surface area (Å²) in [6.07, 6.45) is 0. The zero-order valence-corrected chi connectivity index (χ0v) is 10.0. The molecule has 0 fully saturated rings. The Balaban J connectivity index is 2.70. The van der Waals surface area contributed by atoms with Crippen LogP contribution in [0.4, 0.5) is 5.69 Å². The first-order valence-electron chi connectivity index (χ1n) is 5.33. The smallest absolute Gasteiger partial charge is 0.251 e. The molecule has 0 aliphatic heterocycles. The average molecular weight is 221 g/mol. The van der Waals surface area contributed by atoms with Crippen molar-refractivity contribution in [2.75, 3.05) is 25.5 Å². The van der Waals surface area contributed by atoms with Crippen LogP contribution < -0.4 is 16.0 Å². The number of nitrogens with two attached hydrogens (primary N) is 1. The molecule has 3 N–H and O–H groups in total. The maximum Gasteiger partial charge on any atom is 0.251 e. The maximum absolute atomic E-state index is 11.7. The molecule has 0 bridgehead atoms. The van der Waals surface area contributed by atoms with Crippen molar-refractivity contribution in [2.24, 2.45) is 5.73 Å². The van der Waals surface area contributed by atoms with E-state index in [0.717, 1.165) is 5.69 Å². The normalized spacial score (nSPS) is 12.0. The van der Waals surface area contributed by atoms with Gasteiger partial charge in [0.05, 0.1) is 0 Å². The Bertz CT molecular complexity index is 346. The Morgan fingerprint density at radius 1 is 1.38 bits per heavy atom. The van der Waals surface area contributed by atoms with Crippen LogP contribution in [-0.4, -0.2) is 32.6 Å². The molecule has 0 unspecified atom stereocenters. The van der Waals surface area contributed by atoms with E-state index >= 15 is 0 Å². The Morgan fingerprint density at radius 2 is 1.94 bits per heavy atom. The highest BCUT2D eigenvalue weighted by atomic mass is 16.1. The molecule has 1 amide bonds. The largest absolute Gasteiger partial charge is 0.378 e. The van der Waals surface area contributed by atoms with Gasteiger partial charge in [-0.1, -0.05) is 0 Å². The van der Waals surface area contributed by atoms with Crippen molar-refractivity contribution in [3.8, 4) is 0 Å². The highest BCUT2D eigenvalue weighted by Gasteiger charge is 2.08. The van der Waals surface area contributed by atoms with E-state index in [9.17, 15) is 4.79 Å². The molecule has 0 aliphatic carbocycles. The van der Waals surface area contributed by atoms with E-state index in [1.807, 2.05) is 50.2 Å². The monoisotopic (exact) mass is 221 g/mol. The van der Waals surface area contributed by atoms with Crippen molar-refractivity contribution in [3.05, 3.63) is 29.8 Å². The molecule has 4 nitrogen and oxygen atoms in total. The van der Waals surface area contributed by atoms with E-state index in [0.29, 0.717) is 12.1 Å². The second-order valence-corrected chi connectivity index (χ2v) is 4.05. The molecular weight excluding hydrogens is 202 g/mol. The van der Waals surface area contributed by atoms with E-state index in [1.54, 1.807) is 0 Å². The molecule has 0 aliphatic rings. The zero-order valence-electron chi connectivity index (χ0n) is 10.0. The van der Waals surface area contributed by atoms with Crippen molar-refractivity contribution in [3.63, 3.8) is 0 Å². The van der Waals surface area contributed by atoms with Crippen LogP contribution >= 0.6 is 0 Å². The Morgan fingerprint density at radius 3 is 2.38 bits per heavy atom. The predicted octanol–water partition coefficient (Wildman–Crippen LogP) is 0.830. The van der Waals surface area contributed by atoms with Crippen LogP contribution in [0.3, 0.4) is 0 Å². The number of rotatable bonds is 4. The molecule has 1 atom stereocenters. The minimum Gasteiger partial charge on any atom is -0.378 e. The predicted molar refractivity (Wildman–Crippen MR) is 66.8 cm³/mol. The standard InChI is InChI=1S/C12H19N3O/c1-9(8-13)14-12(16)10-4-6-11(7-5-10)15(2)3/h4-7,9H,8,13H2,1-3H3,(H,14,16)/t9-/m1/s1. The molecule has 1 rings (SSSR count). The summed E-state index contributed by atoms with van der Waals surface area (Å²) in [7, 11) is 3.93. The Kier molecular flexibility index (Phi) is 4.31. The summed E-state index contributed by atoms with van der Waals surface area (Å²) in [6.45, 7) is 2.33. The molecule has 0 spiro atoms. The fourth-order valence-corrected chi connectivity index (χ4v) is 1.28. The van der Waals surface area contributed by atoms with Crippen LogP contribution in [0.5, 0.6) is 0 Å². The molecule has 1 aromatic rings. The van der Waals surface area contributed by atoms with Gasteiger partial charge in [-0.2, -0.15) is 0 Å². The Hall–Kier alpha value is -1.55. The minimum atomic E-state index is -0.0803. The van der Waals surface area contributed by atoms with E-state index in [-0.39, 0.29) is 11.9 Å². The van der Waals surface area contributed by atoms with E-state index in [4.69, 9.17) is 5.73 Å². The molecule has 16 heavy (non-hydrogen) atoms. The lowest BCUT2D eigenvalue weighted by molar-refractivity contribution is 0.0941. The summed E-state index contributed by atoms with van der Waals surface area (Å²) in [4.78, 5) is 13.7. The molecule has 0 aromatic heterocycles. The lowest BCUT2D eigenvalue weighted by Gasteiger charge is -2.14. The molecule has 0 saturated carbocycles. The van der Waals surface area contributed by atoms with Crippen LogP contribution in [0.1, 0.15) is 17.3 Å². The first-order valence-corrected chi connectivity index (χ1v) is 5.33. The van der Waals surface area contributed by atoms with E-state index in [1.165, 1.54) is 0 Å². The fourth-order valence-electron chi connectivity index (χ4n) is 1.28. The van der Waals surface area contributed by atoms with Crippen LogP contribution in [0, 0.1) is 0 Å². The summed E-state index contributed by atoms with van der Waals surface area (Å²) in [5, 5.41) is 2.82. The first kappa shape index (κ1) is 12.5. The third-order valence-corrected chi connectivity index (χ3v) is 2.38. The number of amides is 1. The molecule has 0 heterocycles. The van der Waals surface area contributed by atoms with Gasteiger partial charge in [-0.3, -0.25) is 4.79 Å². The van der Waals surface area contributed by atoms with Gasteiger partial charge < -0.3 is 16.0 Å². The highest BCUT2D eigenvalue weighted by molar-refractivity contribution is 5.94. The van der Waals surface area contributed by atoms with Gasteiger partial charge in [0, 0.05) is 37.9 Å². The SMILES string of the molecule is C[C@H](CN)NC(=O)c1ccc(N(C)C)cc1. The quantitative estimate of drug-likeness (QED) is 0.791. The number of nitrogens with zero attached hydrogens (tertiary/aromatic N) is 1.